The maximum atomic E-state index is 12.7. The van der Waals surface area contributed by atoms with E-state index in [4.69, 9.17) is 14.2 Å². The lowest BCUT2D eigenvalue weighted by atomic mass is 9.85. The van der Waals surface area contributed by atoms with Gasteiger partial charge in [0.2, 0.25) is 5.60 Å². The van der Waals surface area contributed by atoms with Crippen LogP contribution in [0.2, 0.25) is 0 Å². The van der Waals surface area contributed by atoms with Gasteiger partial charge in [0.15, 0.2) is 0 Å². The minimum Gasteiger partial charge on any atom is -0.459 e. The van der Waals surface area contributed by atoms with E-state index in [1.807, 2.05) is 13.8 Å². The molecule has 148 valence electrons. The molecule has 0 radical (unpaired) electrons. The van der Waals surface area contributed by atoms with E-state index >= 15 is 0 Å². The number of esters is 2. The van der Waals surface area contributed by atoms with Gasteiger partial charge in [-0.2, -0.15) is 0 Å². The van der Waals surface area contributed by atoms with Crippen molar-refractivity contribution in [2.75, 3.05) is 6.61 Å². The molecule has 0 aromatic rings. The summed E-state index contributed by atoms with van der Waals surface area (Å²) in [5.74, 6) is -1.73. The number of carbonyl (C=O) groups is 2. The van der Waals surface area contributed by atoms with E-state index in [1.54, 1.807) is 19.1 Å². The Balaban J connectivity index is 1.93. The molecule has 0 amide bonds. The summed E-state index contributed by atoms with van der Waals surface area (Å²) in [6, 6.07) is 0. The molecule has 1 aliphatic carbocycles. The minimum atomic E-state index is -1.35. The third kappa shape index (κ3) is 3.72. The predicted octanol–water partition coefficient (Wildman–Crippen LogP) is 1.19. The third-order valence-corrected chi connectivity index (χ3v) is 5.47. The highest BCUT2D eigenvalue weighted by Gasteiger charge is 2.62. The summed E-state index contributed by atoms with van der Waals surface area (Å²) >= 11 is 0. The zero-order valence-corrected chi connectivity index (χ0v) is 15.8. The van der Waals surface area contributed by atoms with E-state index in [-0.39, 0.29) is 5.57 Å². The van der Waals surface area contributed by atoms with Gasteiger partial charge in [0.05, 0.1) is 24.7 Å². The highest BCUT2D eigenvalue weighted by atomic mass is 16.7. The van der Waals surface area contributed by atoms with E-state index in [0.717, 1.165) is 11.1 Å². The first-order valence-electron chi connectivity index (χ1n) is 9.10. The summed E-state index contributed by atoms with van der Waals surface area (Å²) < 4.78 is 16.4. The molecule has 2 aliphatic heterocycles. The Bertz CT molecular complexity index is 718. The molecule has 2 saturated heterocycles. The van der Waals surface area contributed by atoms with Crippen molar-refractivity contribution in [1.29, 1.82) is 0 Å². The van der Waals surface area contributed by atoms with Gasteiger partial charge in [0.1, 0.15) is 12.2 Å². The SMILES string of the molecule is C=C1C(=O)OC2/C=C(\C)CC(O)C=C(C)CC(OC(=O)C3(CO)OC3C)C12. The number of epoxide rings is 1. The van der Waals surface area contributed by atoms with Crippen LogP contribution >= 0.6 is 0 Å². The second kappa shape index (κ2) is 7.22. The molecule has 0 aromatic carbocycles. The van der Waals surface area contributed by atoms with Gasteiger partial charge in [-0.1, -0.05) is 23.8 Å². The quantitative estimate of drug-likeness (QED) is 0.329. The van der Waals surface area contributed by atoms with E-state index < -0.39 is 54.5 Å². The Labute approximate surface area is 158 Å². The zero-order valence-electron chi connectivity index (χ0n) is 15.8. The Morgan fingerprint density at radius 2 is 1.96 bits per heavy atom. The molecule has 2 heterocycles. The molecule has 7 nitrogen and oxygen atoms in total. The number of ether oxygens (including phenoxy) is 3. The molecule has 0 saturated carbocycles. The lowest BCUT2D eigenvalue weighted by Gasteiger charge is -2.28. The Kier molecular flexibility index (Phi) is 5.29. The lowest BCUT2D eigenvalue weighted by molar-refractivity contribution is -0.160. The van der Waals surface area contributed by atoms with Crippen LogP contribution in [-0.2, 0) is 23.8 Å². The van der Waals surface area contributed by atoms with E-state index in [1.165, 1.54) is 0 Å². The van der Waals surface area contributed by atoms with Gasteiger partial charge in [0.25, 0.3) is 0 Å². The number of aliphatic hydroxyl groups is 2. The third-order valence-electron chi connectivity index (χ3n) is 5.47. The van der Waals surface area contributed by atoms with Crippen molar-refractivity contribution in [1.82, 2.24) is 0 Å². The van der Waals surface area contributed by atoms with Crippen LogP contribution in [0.25, 0.3) is 0 Å². The van der Waals surface area contributed by atoms with Crippen LogP contribution in [0, 0.1) is 5.92 Å². The molecular formula is C20H26O7. The number of rotatable bonds is 3. The zero-order chi connectivity index (χ0) is 19.9. The number of hydrogen-bond donors (Lipinski definition) is 2. The van der Waals surface area contributed by atoms with Crippen LogP contribution in [0.1, 0.15) is 33.6 Å². The summed E-state index contributed by atoms with van der Waals surface area (Å²) in [7, 11) is 0. The molecule has 6 unspecified atom stereocenters. The monoisotopic (exact) mass is 378 g/mol. The fourth-order valence-corrected chi connectivity index (χ4v) is 3.84. The van der Waals surface area contributed by atoms with Crippen LogP contribution in [0.3, 0.4) is 0 Å². The average molecular weight is 378 g/mol. The maximum absolute atomic E-state index is 12.7. The van der Waals surface area contributed by atoms with Gasteiger partial charge < -0.3 is 24.4 Å². The standard InChI is InChI=1S/C20H26O7/c1-10-5-14(22)6-11(2)8-16(17-12(3)18(23)25-15(17)7-10)26-19(24)20(9-21)13(4)27-20/h6-7,13-17,21-22H,3,5,8-9H2,1-2,4H3/b10-7+,11-6?. The molecule has 7 heteroatoms. The smallest absolute Gasteiger partial charge is 0.343 e. The van der Waals surface area contributed by atoms with Crippen molar-refractivity contribution in [2.24, 2.45) is 5.92 Å². The molecular weight excluding hydrogens is 352 g/mol. The van der Waals surface area contributed by atoms with Crippen LogP contribution in [0.4, 0.5) is 0 Å². The summed E-state index contributed by atoms with van der Waals surface area (Å²) in [5, 5.41) is 19.7. The summed E-state index contributed by atoms with van der Waals surface area (Å²) in [5.41, 5.74) is 0.586. The fourth-order valence-electron chi connectivity index (χ4n) is 3.84. The molecule has 0 spiro atoms. The molecule has 2 fully saturated rings. The van der Waals surface area contributed by atoms with Crippen LogP contribution < -0.4 is 0 Å². The Hall–Kier alpha value is -1.96. The molecule has 0 aromatic heterocycles. The number of carbonyl (C=O) groups excluding carboxylic acids is 2. The molecule has 0 bridgehead atoms. The Morgan fingerprint density at radius 3 is 2.56 bits per heavy atom. The predicted molar refractivity (Wildman–Crippen MR) is 95.5 cm³/mol. The van der Waals surface area contributed by atoms with Gasteiger partial charge in [0, 0.05) is 12.0 Å². The number of hydrogen-bond acceptors (Lipinski definition) is 7. The van der Waals surface area contributed by atoms with Gasteiger partial charge in [-0.3, -0.25) is 0 Å². The molecule has 3 aliphatic rings. The summed E-state index contributed by atoms with van der Waals surface area (Å²) in [6.07, 6.45) is 1.76. The van der Waals surface area contributed by atoms with Crippen molar-refractivity contribution in [3.8, 4) is 0 Å². The lowest BCUT2D eigenvalue weighted by Crippen LogP contribution is -2.40. The number of fused-ring (bicyclic) bond motifs is 1. The summed E-state index contributed by atoms with van der Waals surface area (Å²) in [6.45, 7) is 8.72. The van der Waals surface area contributed by atoms with Gasteiger partial charge in [-0.15, -0.1) is 0 Å². The van der Waals surface area contributed by atoms with Crippen molar-refractivity contribution < 1.29 is 34.0 Å². The van der Waals surface area contributed by atoms with Crippen LogP contribution in [-0.4, -0.2) is 58.8 Å². The summed E-state index contributed by atoms with van der Waals surface area (Å²) in [4.78, 5) is 24.8. The van der Waals surface area contributed by atoms with E-state index in [2.05, 4.69) is 6.58 Å². The van der Waals surface area contributed by atoms with E-state index in [9.17, 15) is 19.8 Å². The van der Waals surface area contributed by atoms with Gasteiger partial charge >= 0.3 is 11.9 Å². The molecule has 2 N–H and O–H groups in total. The average Bonchev–Trinajstić information content (AvgIpc) is 3.16. The first kappa shape index (κ1) is 19.8. The van der Waals surface area contributed by atoms with Crippen molar-refractivity contribution in [3.05, 3.63) is 35.5 Å². The molecule has 6 atom stereocenters. The van der Waals surface area contributed by atoms with Crippen LogP contribution in [0.5, 0.6) is 0 Å². The van der Waals surface area contributed by atoms with E-state index in [0.29, 0.717) is 12.8 Å². The molecule has 27 heavy (non-hydrogen) atoms. The normalized spacial score (nSPS) is 41.0. The second-order valence-electron chi connectivity index (χ2n) is 7.67. The molecule has 3 rings (SSSR count). The topological polar surface area (TPSA) is 106 Å². The maximum Gasteiger partial charge on any atom is 0.343 e. The Morgan fingerprint density at radius 1 is 1.33 bits per heavy atom. The first-order valence-corrected chi connectivity index (χ1v) is 9.10. The van der Waals surface area contributed by atoms with Crippen molar-refractivity contribution in [3.63, 3.8) is 0 Å². The second-order valence-corrected chi connectivity index (χ2v) is 7.67. The van der Waals surface area contributed by atoms with Crippen LogP contribution in [0.15, 0.2) is 35.5 Å². The fraction of sp³-hybridized carbons (Fsp3) is 0.600. The largest absolute Gasteiger partial charge is 0.459 e. The van der Waals surface area contributed by atoms with Gasteiger partial charge in [-0.05, 0) is 33.3 Å². The van der Waals surface area contributed by atoms with Crippen molar-refractivity contribution in [2.45, 2.75) is 63.6 Å². The number of aliphatic hydroxyl groups excluding tert-OH is 2. The van der Waals surface area contributed by atoms with Gasteiger partial charge in [-0.25, -0.2) is 9.59 Å². The highest BCUT2D eigenvalue weighted by molar-refractivity contribution is 5.91. The minimum absolute atomic E-state index is 0.249. The van der Waals surface area contributed by atoms with Crippen molar-refractivity contribution >= 4 is 11.9 Å². The highest BCUT2D eigenvalue weighted by Crippen LogP contribution is 2.40. The first-order chi connectivity index (χ1) is 12.7.